The van der Waals surface area contributed by atoms with Gasteiger partial charge in [-0.2, -0.15) is 0 Å². The number of hydrogen-bond donors (Lipinski definition) is 4. The van der Waals surface area contributed by atoms with Gasteiger partial charge in [-0.1, -0.05) is 19.8 Å². The summed E-state index contributed by atoms with van der Waals surface area (Å²) in [6.07, 6.45) is 3.14. The van der Waals surface area contributed by atoms with Crippen molar-refractivity contribution in [2.24, 2.45) is 4.99 Å². The minimum absolute atomic E-state index is 0.0114. The zero-order valence-electron chi connectivity index (χ0n) is 18.2. The van der Waals surface area contributed by atoms with Crippen LogP contribution in [-0.2, 0) is 14.8 Å². The number of carbonyl (C=O) groups is 1. The SMILES string of the molecule is CCCCC(CNC(=O)OC(C)(C)C)NC(=NC)NCCCNS(=O)(=O)CC. The second-order valence-corrected chi connectivity index (χ2v) is 9.61. The van der Waals surface area contributed by atoms with Gasteiger partial charge >= 0.3 is 6.09 Å². The number of carbonyl (C=O) groups excluding carboxylic acids is 1. The number of nitrogens with one attached hydrogen (secondary N) is 4. The Bertz CT molecular complexity index is 573. The molecule has 9 nitrogen and oxygen atoms in total. The zero-order chi connectivity index (χ0) is 21.6. The largest absolute Gasteiger partial charge is 0.444 e. The summed E-state index contributed by atoms with van der Waals surface area (Å²) in [5.74, 6) is 0.693. The van der Waals surface area contributed by atoms with Crippen molar-refractivity contribution in [2.45, 2.75) is 71.9 Å². The summed E-state index contributed by atoms with van der Waals surface area (Å²) in [4.78, 5) is 16.1. The second-order valence-electron chi connectivity index (χ2n) is 7.52. The highest BCUT2D eigenvalue weighted by molar-refractivity contribution is 7.89. The molecule has 28 heavy (non-hydrogen) atoms. The lowest BCUT2D eigenvalue weighted by atomic mass is 10.1. The number of nitrogens with zero attached hydrogens (tertiary/aromatic N) is 1. The Balaban J connectivity index is 4.43. The summed E-state index contributed by atoms with van der Waals surface area (Å²) < 4.78 is 30.6. The maximum absolute atomic E-state index is 11.9. The predicted octanol–water partition coefficient (Wildman–Crippen LogP) is 1.56. The molecule has 0 aromatic heterocycles. The van der Waals surface area contributed by atoms with Gasteiger partial charge in [-0.15, -0.1) is 0 Å². The van der Waals surface area contributed by atoms with Crippen molar-refractivity contribution < 1.29 is 17.9 Å². The Morgan fingerprint density at radius 2 is 1.79 bits per heavy atom. The standard InChI is InChI=1S/C18H39N5O4S/c1-7-9-11-15(14-21-17(24)27-18(3,4)5)23-16(19-6)20-12-10-13-22-28(25,26)8-2/h15,22H,7-14H2,1-6H3,(H,21,24)(H2,19,20,23). The lowest BCUT2D eigenvalue weighted by molar-refractivity contribution is 0.0522. The first kappa shape index (κ1) is 26.4. The van der Waals surface area contributed by atoms with E-state index in [9.17, 15) is 13.2 Å². The van der Waals surface area contributed by atoms with Gasteiger partial charge in [0.25, 0.3) is 0 Å². The molecule has 1 unspecified atom stereocenters. The van der Waals surface area contributed by atoms with Gasteiger partial charge in [-0.05, 0) is 40.5 Å². The van der Waals surface area contributed by atoms with Crippen LogP contribution in [0.4, 0.5) is 4.79 Å². The van der Waals surface area contributed by atoms with Crippen LogP contribution in [0, 0.1) is 0 Å². The van der Waals surface area contributed by atoms with E-state index < -0.39 is 21.7 Å². The van der Waals surface area contributed by atoms with E-state index >= 15 is 0 Å². The maximum Gasteiger partial charge on any atom is 0.407 e. The molecule has 0 heterocycles. The first-order valence-corrected chi connectivity index (χ1v) is 11.6. The number of alkyl carbamates (subject to hydrolysis) is 1. The average Bonchev–Trinajstić information content (AvgIpc) is 2.60. The molecule has 0 rings (SSSR count). The number of unbranched alkanes of at least 4 members (excludes halogenated alkanes) is 1. The van der Waals surface area contributed by atoms with Crippen molar-refractivity contribution in [2.75, 3.05) is 32.4 Å². The van der Waals surface area contributed by atoms with E-state index in [1.807, 2.05) is 20.8 Å². The topological polar surface area (TPSA) is 121 Å². The fourth-order valence-electron chi connectivity index (χ4n) is 2.21. The van der Waals surface area contributed by atoms with Gasteiger partial charge in [0.05, 0.1) is 5.75 Å². The van der Waals surface area contributed by atoms with Crippen molar-refractivity contribution in [1.82, 2.24) is 20.7 Å². The Morgan fingerprint density at radius 3 is 2.32 bits per heavy atom. The van der Waals surface area contributed by atoms with Crippen LogP contribution in [-0.4, -0.2) is 64.5 Å². The fourth-order valence-corrected chi connectivity index (χ4v) is 2.87. The van der Waals surface area contributed by atoms with Crippen LogP contribution in [0.5, 0.6) is 0 Å². The Labute approximate surface area is 170 Å². The van der Waals surface area contributed by atoms with Crippen LogP contribution < -0.4 is 20.7 Å². The van der Waals surface area contributed by atoms with Crippen molar-refractivity contribution in [3.05, 3.63) is 0 Å². The first-order valence-electron chi connectivity index (χ1n) is 9.94. The minimum Gasteiger partial charge on any atom is -0.444 e. The van der Waals surface area contributed by atoms with Crippen molar-refractivity contribution in [1.29, 1.82) is 0 Å². The zero-order valence-corrected chi connectivity index (χ0v) is 19.0. The molecule has 10 heteroatoms. The third-order valence-electron chi connectivity index (χ3n) is 3.71. The van der Waals surface area contributed by atoms with E-state index in [2.05, 4.69) is 32.6 Å². The lowest BCUT2D eigenvalue weighted by Gasteiger charge is -2.24. The molecule has 0 aliphatic rings. The molecule has 0 aromatic carbocycles. The van der Waals surface area contributed by atoms with Crippen molar-refractivity contribution >= 4 is 22.1 Å². The molecule has 0 fully saturated rings. The van der Waals surface area contributed by atoms with Gasteiger partial charge in [0.1, 0.15) is 5.60 Å². The number of ether oxygens (including phenoxy) is 1. The van der Waals surface area contributed by atoms with E-state index in [0.717, 1.165) is 19.3 Å². The van der Waals surface area contributed by atoms with Crippen LogP contribution in [0.2, 0.25) is 0 Å². The molecular formula is C18H39N5O4S. The molecule has 1 amide bonds. The molecule has 166 valence electrons. The smallest absolute Gasteiger partial charge is 0.407 e. The summed E-state index contributed by atoms with van der Waals surface area (Å²) in [6.45, 7) is 10.6. The van der Waals surface area contributed by atoms with E-state index in [1.165, 1.54) is 0 Å². The van der Waals surface area contributed by atoms with Crippen LogP contribution in [0.3, 0.4) is 0 Å². The normalized spacial score (nSPS) is 13.7. The van der Waals surface area contributed by atoms with Crippen LogP contribution in [0.25, 0.3) is 0 Å². The predicted molar refractivity (Wildman–Crippen MR) is 114 cm³/mol. The number of rotatable bonds is 12. The van der Waals surface area contributed by atoms with E-state index in [0.29, 0.717) is 32.0 Å². The molecule has 0 radical (unpaired) electrons. The number of hydrogen-bond acceptors (Lipinski definition) is 5. The molecule has 0 spiro atoms. The van der Waals surface area contributed by atoms with Crippen molar-refractivity contribution in [3.63, 3.8) is 0 Å². The summed E-state index contributed by atoms with van der Waals surface area (Å²) in [5, 5.41) is 9.27. The van der Waals surface area contributed by atoms with Gasteiger partial charge in [0.2, 0.25) is 10.0 Å². The second kappa shape index (κ2) is 13.6. The molecule has 0 bridgehead atoms. The van der Waals surface area contributed by atoms with E-state index in [4.69, 9.17) is 4.74 Å². The highest BCUT2D eigenvalue weighted by atomic mass is 32.2. The quantitative estimate of drug-likeness (QED) is 0.216. The van der Waals surface area contributed by atoms with Gasteiger partial charge in [0.15, 0.2) is 5.96 Å². The monoisotopic (exact) mass is 421 g/mol. The lowest BCUT2D eigenvalue weighted by Crippen LogP contribution is -2.49. The number of sulfonamides is 1. The molecule has 0 aliphatic heterocycles. The summed E-state index contributed by atoms with van der Waals surface area (Å²) >= 11 is 0. The molecule has 4 N–H and O–H groups in total. The fraction of sp³-hybridized carbons (Fsp3) is 0.889. The minimum atomic E-state index is -3.16. The molecule has 0 aromatic rings. The van der Waals surface area contributed by atoms with Crippen LogP contribution in [0.15, 0.2) is 4.99 Å². The van der Waals surface area contributed by atoms with E-state index in [1.54, 1.807) is 14.0 Å². The van der Waals surface area contributed by atoms with E-state index in [-0.39, 0.29) is 11.8 Å². The molecule has 0 aliphatic carbocycles. The highest BCUT2D eigenvalue weighted by Crippen LogP contribution is 2.07. The third-order valence-corrected chi connectivity index (χ3v) is 5.11. The summed E-state index contributed by atoms with van der Waals surface area (Å²) in [5.41, 5.74) is -0.534. The Kier molecular flexibility index (Phi) is 12.8. The molecule has 1 atom stereocenters. The summed E-state index contributed by atoms with van der Waals surface area (Å²) in [6, 6.07) is 0.0114. The molecule has 0 saturated heterocycles. The molecule has 0 saturated carbocycles. The van der Waals surface area contributed by atoms with Gasteiger partial charge in [0, 0.05) is 32.7 Å². The number of amides is 1. The number of aliphatic imine (C=N–C) groups is 1. The van der Waals surface area contributed by atoms with Gasteiger partial charge in [-0.25, -0.2) is 17.9 Å². The third kappa shape index (κ3) is 14.5. The van der Waals surface area contributed by atoms with Crippen LogP contribution in [0.1, 0.15) is 60.3 Å². The first-order chi connectivity index (χ1) is 13.0. The van der Waals surface area contributed by atoms with Crippen molar-refractivity contribution in [3.8, 4) is 0 Å². The Hall–Kier alpha value is -1.55. The van der Waals surface area contributed by atoms with Crippen LogP contribution >= 0.6 is 0 Å². The average molecular weight is 422 g/mol. The highest BCUT2D eigenvalue weighted by Gasteiger charge is 2.18. The number of guanidine groups is 1. The summed E-state index contributed by atoms with van der Waals surface area (Å²) in [7, 11) is -1.49. The molecular weight excluding hydrogens is 382 g/mol. The van der Waals surface area contributed by atoms with Gasteiger partial charge in [-0.3, -0.25) is 4.99 Å². The Morgan fingerprint density at radius 1 is 1.11 bits per heavy atom. The maximum atomic E-state index is 11.9. The van der Waals surface area contributed by atoms with Gasteiger partial charge < -0.3 is 20.7 Å².